The Kier molecular flexibility index (Phi) is 9.22. The molecule has 3 amide bonds. The Bertz CT molecular complexity index is 955. The molecule has 0 atom stereocenters. The monoisotopic (exact) mass is 558 g/mol. The van der Waals surface area contributed by atoms with Crippen molar-refractivity contribution in [1.29, 1.82) is 0 Å². The lowest BCUT2D eigenvalue weighted by Crippen LogP contribution is -2.42. The van der Waals surface area contributed by atoms with E-state index < -0.39 is 17.1 Å². The minimum absolute atomic E-state index is 0.201. The molecule has 1 aromatic rings. The summed E-state index contributed by atoms with van der Waals surface area (Å²) in [6.07, 6.45) is 5.57. The molecule has 3 rings (SSSR count). The lowest BCUT2D eigenvalue weighted by atomic mass is 10.2. The van der Waals surface area contributed by atoms with E-state index in [1.54, 1.807) is 24.0 Å². The van der Waals surface area contributed by atoms with Crippen LogP contribution in [-0.4, -0.2) is 65.7 Å². The summed E-state index contributed by atoms with van der Waals surface area (Å²) in [4.78, 5) is 52.3. The van der Waals surface area contributed by atoms with Crippen molar-refractivity contribution in [2.45, 2.75) is 32.6 Å². The first-order valence-corrected chi connectivity index (χ1v) is 12.6. The number of carbonyl (C=O) groups is 4. The molecule has 178 valence electrons. The zero-order chi connectivity index (χ0) is 24.0. The molecular weight excluding hydrogens is 536 g/mol. The summed E-state index contributed by atoms with van der Waals surface area (Å²) < 4.78 is 10.7. The predicted molar refractivity (Wildman–Crippen MR) is 129 cm³/mol. The van der Waals surface area contributed by atoms with Crippen LogP contribution in [0.25, 0.3) is 6.08 Å². The minimum Gasteiger partial charge on any atom is -0.479 e. The van der Waals surface area contributed by atoms with Crippen LogP contribution in [0, 0.1) is 0 Å². The van der Waals surface area contributed by atoms with E-state index in [0.717, 1.165) is 42.3 Å². The summed E-state index contributed by atoms with van der Waals surface area (Å²) in [5.74, 6) is -0.983. The molecule has 0 spiro atoms. The standard InChI is InChI=1S/C22H24BrClN2O6S/c1-2-31-19(28)13-32-20-15(23)9-14(10-16(20)24)11-17-21(29)26(22(30)33-17)12-18(27)25-7-5-3-4-6-8-25/h9-11H,2-8,12-13H2,1H3. The number of carbonyl (C=O) groups excluding carboxylic acids is 4. The Hall–Kier alpha value is -2.04. The fourth-order valence-corrected chi connectivity index (χ4v) is 5.30. The number of halogens is 2. The summed E-state index contributed by atoms with van der Waals surface area (Å²) in [6, 6.07) is 3.21. The molecule has 2 fully saturated rings. The summed E-state index contributed by atoms with van der Waals surface area (Å²) >= 11 is 10.4. The van der Waals surface area contributed by atoms with Gasteiger partial charge in [0.15, 0.2) is 12.4 Å². The average molecular weight is 560 g/mol. The molecule has 0 unspecified atom stereocenters. The predicted octanol–water partition coefficient (Wildman–Crippen LogP) is 4.48. The van der Waals surface area contributed by atoms with Gasteiger partial charge in [0.1, 0.15) is 6.54 Å². The molecule has 2 aliphatic heterocycles. The summed E-state index contributed by atoms with van der Waals surface area (Å²) in [5, 5.41) is -0.260. The maximum atomic E-state index is 12.8. The molecule has 0 N–H and O–H groups in total. The number of hydrogen-bond donors (Lipinski definition) is 0. The number of likely N-dealkylation sites (tertiary alicyclic amines) is 1. The van der Waals surface area contributed by atoms with Crippen molar-refractivity contribution in [1.82, 2.24) is 9.80 Å². The molecule has 0 radical (unpaired) electrons. The van der Waals surface area contributed by atoms with Crippen molar-refractivity contribution in [2.24, 2.45) is 0 Å². The largest absolute Gasteiger partial charge is 0.479 e. The quantitative estimate of drug-likeness (QED) is 0.359. The molecule has 0 saturated carbocycles. The summed E-state index contributed by atoms with van der Waals surface area (Å²) in [6.45, 7) is 2.70. The average Bonchev–Trinajstić information content (AvgIpc) is 2.95. The molecular formula is C22H24BrClN2O6S. The zero-order valence-electron chi connectivity index (χ0n) is 18.1. The number of thioether (sulfide) groups is 1. The number of amides is 3. The van der Waals surface area contributed by atoms with E-state index in [-0.39, 0.29) is 41.3 Å². The molecule has 1 aromatic carbocycles. The van der Waals surface area contributed by atoms with Gasteiger partial charge in [0.25, 0.3) is 11.1 Å². The Balaban J connectivity index is 1.69. The molecule has 2 saturated heterocycles. The third-order valence-corrected chi connectivity index (χ3v) is 6.86. The molecule has 8 nitrogen and oxygen atoms in total. The third kappa shape index (κ3) is 6.74. The molecule has 0 aromatic heterocycles. The number of ether oxygens (including phenoxy) is 2. The summed E-state index contributed by atoms with van der Waals surface area (Å²) in [7, 11) is 0. The number of benzene rings is 1. The van der Waals surface area contributed by atoms with E-state index >= 15 is 0 Å². The topological polar surface area (TPSA) is 93.2 Å². The van der Waals surface area contributed by atoms with E-state index in [2.05, 4.69) is 15.9 Å². The Morgan fingerprint density at radius 1 is 1.18 bits per heavy atom. The van der Waals surface area contributed by atoms with Crippen molar-refractivity contribution in [3.8, 4) is 5.75 Å². The first-order valence-electron chi connectivity index (χ1n) is 10.6. The second-order valence-corrected chi connectivity index (χ2v) is 9.72. The van der Waals surface area contributed by atoms with Crippen molar-refractivity contribution < 1.29 is 28.7 Å². The number of esters is 1. The van der Waals surface area contributed by atoms with Crippen LogP contribution < -0.4 is 4.74 Å². The highest BCUT2D eigenvalue weighted by atomic mass is 79.9. The highest BCUT2D eigenvalue weighted by Crippen LogP contribution is 2.37. The van der Waals surface area contributed by atoms with Crippen LogP contribution in [-0.2, 0) is 19.1 Å². The van der Waals surface area contributed by atoms with E-state index in [9.17, 15) is 19.2 Å². The van der Waals surface area contributed by atoms with Crippen LogP contribution in [0.1, 0.15) is 38.2 Å². The van der Waals surface area contributed by atoms with Gasteiger partial charge >= 0.3 is 5.97 Å². The fourth-order valence-electron chi connectivity index (χ4n) is 3.48. The Morgan fingerprint density at radius 2 is 1.88 bits per heavy atom. The zero-order valence-corrected chi connectivity index (χ0v) is 21.3. The van der Waals surface area contributed by atoms with Gasteiger partial charge in [-0.25, -0.2) is 4.79 Å². The van der Waals surface area contributed by atoms with Gasteiger partial charge in [0.2, 0.25) is 5.91 Å². The maximum Gasteiger partial charge on any atom is 0.344 e. The van der Waals surface area contributed by atoms with Crippen molar-refractivity contribution >= 4 is 68.4 Å². The Labute approximate surface area is 209 Å². The summed E-state index contributed by atoms with van der Waals surface area (Å²) in [5.41, 5.74) is 0.555. The SMILES string of the molecule is CCOC(=O)COc1c(Cl)cc(C=C2SC(=O)N(CC(=O)N3CCCCCC3)C2=O)cc1Br. The van der Waals surface area contributed by atoms with Crippen LogP contribution in [0.3, 0.4) is 0 Å². The van der Waals surface area contributed by atoms with Crippen LogP contribution in [0.2, 0.25) is 5.02 Å². The second kappa shape index (κ2) is 11.9. The van der Waals surface area contributed by atoms with Gasteiger partial charge in [0.05, 0.1) is 21.0 Å². The van der Waals surface area contributed by atoms with Crippen LogP contribution >= 0.6 is 39.3 Å². The number of rotatable bonds is 7. The van der Waals surface area contributed by atoms with Crippen LogP contribution in [0.5, 0.6) is 5.75 Å². The van der Waals surface area contributed by atoms with Gasteiger partial charge < -0.3 is 14.4 Å². The maximum absolute atomic E-state index is 12.8. The van der Waals surface area contributed by atoms with Gasteiger partial charge in [-0.3, -0.25) is 19.3 Å². The minimum atomic E-state index is -0.520. The van der Waals surface area contributed by atoms with Crippen molar-refractivity contribution in [3.63, 3.8) is 0 Å². The molecule has 0 bridgehead atoms. The normalized spacial score (nSPS) is 18.0. The third-order valence-electron chi connectivity index (χ3n) is 5.08. The van der Waals surface area contributed by atoms with Gasteiger partial charge in [-0.05, 0) is 71.2 Å². The number of imide groups is 1. The van der Waals surface area contributed by atoms with Gasteiger partial charge in [-0.2, -0.15) is 0 Å². The van der Waals surface area contributed by atoms with Gasteiger partial charge in [-0.1, -0.05) is 24.4 Å². The molecule has 2 heterocycles. The lowest BCUT2D eigenvalue weighted by molar-refractivity contribution is -0.145. The second-order valence-electron chi connectivity index (χ2n) is 7.47. The molecule has 11 heteroatoms. The Morgan fingerprint density at radius 3 is 2.52 bits per heavy atom. The molecule has 33 heavy (non-hydrogen) atoms. The number of nitrogens with zero attached hydrogens (tertiary/aromatic N) is 2. The highest BCUT2D eigenvalue weighted by molar-refractivity contribution is 9.10. The fraction of sp³-hybridized carbons (Fsp3) is 0.455. The highest BCUT2D eigenvalue weighted by Gasteiger charge is 2.37. The molecule has 2 aliphatic rings. The first-order chi connectivity index (χ1) is 15.8. The number of hydrogen-bond acceptors (Lipinski definition) is 7. The van der Waals surface area contributed by atoms with Crippen LogP contribution in [0.4, 0.5) is 4.79 Å². The molecule has 0 aliphatic carbocycles. The van der Waals surface area contributed by atoms with Crippen molar-refractivity contribution in [2.75, 3.05) is 32.8 Å². The van der Waals surface area contributed by atoms with E-state index in [1.165, 1.54) is 6.08 Å². The lowest BCUT2D eigenvalue weighted by Gasteiger charge is -2.22. The van der Waals surface area contributed by atoms with Gasteiger partial charge in [-0.15, -0.1) is 0 Å². The smallest absolute Gasteiger partial charge is 0.344 e. The van der Waals surface area contributed by atoms with E-state index in [0.29, 0.717) is 23.1 Å². The van der Waals surface area contributed by atoms with E-state index in [1.807, 2.05) is 0 Å². The van der Waals surface area contributed by atoms with Gasteiger partial charge in [0, 0.05) is 13.1 Å². The van der Waals surface area contributed by atoms with Crippen LogP contribution in [0.15, 0.2) is 21.5 Å². The van der Waals surface area contributed by atoms with Crippen molar-refractivity contribution in [3.05, 3.63) is 32.1 Å². The first kappa shape index (κ1) is 25.6. The van der Waals surface area contributed by atoms with E-state index in [4.69, 9.17) is 21.1 Å².